The van der Waals surface area contributed by atoms with Gasteiger partial charge >= 0.3 is 0 Å². The van der Waals surface area contributed by atoms with Gasteiger partial charge in [0.1, 0.15) is 11.5 Å². The fourth-order valence-corrected chi connectivity index (χ4v) is 3.93. The predicted molar refractivity (Wildman–Crippen MR) is 101 cm³/mol. The van der Waals surface area contributed by atoms with Crippen molar-refractivity contribution < 1.29 is 17.9 Å². The van der Waals surface area contributed by atoms with Crippen molar-refractivity contribution >= 4 is 10.2 Å². The van der Waals surface area contributed by atoms with Crippen LogP contribution in [0.2, 0.25) is 0 Å². The zero-order chi connectivity index (χ0) is 18.9. The topological polar surface area (TPSA) is 59.1 Å². The van der Waals surface area contributed by atoms with Crippen LogP contribution in [0.15, 0.2) is 18.2 Å². The second kappa shape index (κ2) is 10.6. The fraction of sp³-hybridized carbons (Fsp3) is 0.667. The van der Waals surface area contributed by atoms with Crippen LogP contribution in [-0.2, 0) is 16.8 Å². The Morgan fingerprint density at radius 3 is 2.08 bits per heavy atom. The van der Waals surface area contributed by atoms with Crippen LogP contribution < -0.4 is 9.47 Å². The second-order valence-corrected chi connectivity index (χ2v) is 8.08. The standard InChI is InChI=1S/C18H32N2O4S/c1-6-8-12-20(13-9-7-2)25(21,22)19(3)15-16-10-11-17(23-4)14-18(16)24-5/h10-11,14H,6-9,12-13,15H2,1-5H3. The highest BCUT2D eigenvalue weighted by Crippen LogP contribution is 2.26. The lowest BCUT2D eigenvalue weighted by molar-refractivity contribution is 0.342. The number of benzene rings is 1. The third-order valence-electron chi connectivity index (χ3n) is 4.13. The lowest BCUT2D eigenvalue weighted by Crippen LogP contribution is -2.42. The molecule has 0 aromatic heterocycles. The lowest BCUT2D eigenvalue weighted by Gasteiger charge is -2.28. The van der Waals surface area contributed by atoms with Crippen molar-refractivity contribution in [1.29, 1.82) is 0 Å². The highest BCUT2D eigenvalue weighted by Gasteiger charge is 2.26. The Kier molecular flexibility index (Phi) is 9.24. The molecule has 0 N–H and O–H groups in total. The molecule has 0 aliphatic rings. The van der Waals surface area contributed by atoms with E-state index in [0.717, 1.165) is 31.2 Å². The largest absolute Gasteiger partial charge is 0.497 e. The third-order valence-corrected chi connectivity index (χ3v) is 6.06. The predicted octanol–water partition coefficient (Wildman–Crippen LogP) is 3.28. The fourth-order valence-electron chi connectivity index (χ4n) is 2.51. The maximum atomic E-state index is 13.0. The molecule has 0 atom stereocenters. The molecule has 0 aliphatic carbocycles. The van der Waals surface area contributed by atoms with Crippen LogP contribution >= 0.6 is 0 Å². The quantitative estimate of drug-likeness (QED) is 0.565. The normalized spacial score (nSPS) is 12.0. The summed E-state index contributed by atoms with van der Waals surface area (Å²) in [7, 11) is 1.27. The molecule has 1 aromatic rings. The molecule has 25 heavy (non-hydrogen) atoms. The number of ether oxygens (including phenoxy) is 2. The van der Waals surface area contributed by atoms with Gasteiger partial charge in [0.25, 0.3) is 10.2 Å². The SMILES string of the molecule is CCCCN(CCCC)S(=O)(=O)N(C)Cc1ccc(OC)cc1OC. The Bertz CT molecular complexity index is 612. The Hall–Kier alpha value is -1.31. The first-order valence-electron chi connectivity index (χ1n) is 8.82. The smallest absolute Gasteiger partial charge is 0.282 e. The summed E-state index contributed by atoms with van der Waals surface area (Å²) in [6.07, 6.45) is 3.66. The van der Waals surface area contributed by atoms with Crippen molar-refractivity contribution in [2.45, 2.75) is 46.1 Å². The van der Waals surface area contributed by atoms with Gasteiger partial charge in [-0.1, -0.05) is 32.8 Å². The van der Waals surface area contributed by atoms with Crippen molar-refractivity contribution in [3.05, 3.63) is 23.8 Å². The van der Waals surface area contributed by atoms with Crippen LogP contribution in [0.3, 0.4) is 0 Å². The van der Waals surface area contributed by atoms with E-state index in [9.17, 15) is 8.42 Å². The van der Waals surface area contributed by atoms with Gasteiger partial charge in [0, 0.05) is 38.3 Å². The molecule has 0 radical (unpaired) electrons. The van der Waals surface area contributed by atoms with Gasteiger partial charge in [0.2, 0.25) is 0 Å². The van der Waals surface area contributed by atoms with Crippen molar-refractivity contribution in [3.63, 3.8) is 0 Å². The lowest BCUT2D eigenvalue weighted by atomic mass is 10.2. The molecule has 0 saturated heterocycles. The summed E-state index contributed by atoms with van der Waals surface area (Å²) < 4.78 is 39.5. The second-order valence-electron chi connectivity index (χ2n) is 6.05. The van der Waals surface area contributed by atoms with E-state index in [1.165, 1.54) is 4.31 Å². The Morgan fingerprint density at radius 1 is 1.00 bits per heavy atom. The molecule has 7 heteroatoms. The molecule has 0 saturated carbocycles. The number of methoxy groups -OCH3 is 2. The molecule has 0 fully saturated rings. The monoisotopic (exact) mass is 372 g/mol. The number of hydrogen-bond acceptors (Lipinski definition) is 4. The van der Waals surface area contributed by atoms with Gasteiger partial charge in [-0.3, -0.25) is 0 Å². The van der Waals surface area contributed by atoms with E-state index in [4.69, 9.17) is 9.47 Å². The van der Waals surface area contributed by atoms with Crippen molar-refractivity contribution in [1.82, 2.24) is 8.61 Å². The zero-order valence-corrected chi connectivity index (χ0v) is 16.9. The van der Waals surface area contributed by atoms with E-state index < -0.39 is 10.2 Å². The van der Waals surface area contributed by atoms with Crippen LogP contribution in [0.5, 0.6) is 11.5 Å². The van der Waals surface area contributed by atoms with Crippen LogP contribution in [0.4, 0.5) is 0 Å². The van der Waals surface area contributed by atoms with Gasteiger partial charge in [-0.25, -0.2) is 0 Å². The first-order chi connectivity index (χ1) is 11.9. The maximum Gasteiger partial charge on any atom is 0.282 e. The number of hydrogen-bond donors (Lipinski definition) is 0. The Balaban J connectivity index is 2.96. The molecule has 0 heterocycles. The Labute approximate surface area is 152 Å². The molecule has 144 valence electrons. The van der Waals surface area contributed by atoms with Gasteiger partial charge < -0.3 is 9.47 Å². The van der Waals surface area contributed by atoms with Crippen molar-refractivity contribution in [2.75, 3.05) is 34.4 Å². The highest BCUT2D eigenvalue weighted by molar-refractivity contribution is 7.86. The van der Waals surface area contributed by atoms with Crippen LogP contribution in [0.1, 0.15) is 45.1 Å². The summed E-state index contributed by atoms with van der Waals surface area (Å²) in [6, 6.07) is 5.41. The van der Waals surface area contributed by atoms with Crippen molar-refractivity contribution in [2.24, 2.45) is 0 Å². The summed E-state index contributed by atoms with van der Waals surface area (Å²) in [5.41, 5.74) is 0.806. The molecule has 1 rings (SSSR count). The van der Waals surface area contributed by atoms with Gasteiger partial charge in [-0.2, -0.15) is 17.0 Å². The third kappa shape index (κ3) is 6.17. The minimum Gasteiger partial charge on any atom is -0.497 e. The molecule has 0 bridgehead atoms. The first kappa shape index (κ1) is 21.7. The summed E-state index contributed by atoms with van der Waals surface area (Å²) >= 11 is 0. The van der Waals surface area contributed by atoms with E-state index in [2.05, 4.69) is 13.8 Å². The van der Waals surface area contributed by atoms with E-state index in [1.807, 2.05) is 12.1 Å². The molecular formula is C18H32N2O4S. The van der Waals surface area contributed by atoms with E-state index in [1.54, 1.807) is 31.6 Å². The van der Waals surface area contributed by atoms with Gasteiger partial charge in [0.05, 0.1) is 14.2 Å². The van der Waals surface area contributed by atoms with E-state index in [0.29, 0.717) is 24.6 Å². The number of rotatable bonds is 12. The maximum absolute atomic E-state index is 13.0. The molecule has 6 nitrogen and oxygen atoms in total. The highest BCUT2D eigenvalue weighted by atomic mass is 32.2. The number of nitrogens with zero attached hydrogens (tertiary/aromatic N) is 2. The molecule has 1 aromatic carbocycles. The summed E-state index contributed by atoms with van der Waals surface area (Å²) in [6.45, 7) is 5.50. The summed E-state index contributed by atoms with van der Waals surface area (Å²) in [4.78, 5) is 0. The average molecular weight is 373 g/mol. The molecule has 0 amide bonds. The first-order valence-corrected chi connectivity index (χ1v) is 10.2. The molecule has 0 spiro atoms. The minimum absolute atomic E-state index is 0.254. The average Bonchev–Trinajstić information content (AvgIpc) is 2.61. The van der Waals surface area contributed by atoms with Crippen LogP contribution in [0, 0.1) is 0 Å². The molecular weight excluding hydrogens is 340 g/mol. The summed E-state index contributed by atoms with van der Waals surface area (Å²) in [5.74, 6) is 1.30. The zero-order valence-electron chi connectivity index (χ0n) is 16.1. The molecule has 0 unspecified atom stereocenters. The molecule has 0 aliphatic heterocycles. The summed E-state index contributed by atoms with van der Waals surface area (Å²) in [5, 5.41) is 0. The van der Waals surface area contributed by atoms with Crippen LogP contribution in [-0.4, -0.2) is 51.4 Å². The van der Waals surface area contributed by atoms with Crippen molar-refractivity contribution in [3.8, 4) is 11.5 Å². The van der Waals surface area contributed by atoms with E-state index >= 15 is 0 Å². The number of unbranched alkanes of at least 4 members (excludes halogenated alkanes) is 2. The van der Waals surface area contributed by atoms with Gasteiger partial charge in [-0.05, 0) is 18.9 Å². The van der Waals surface area contributed by atoms with Gasteiger partial charge in [0.15, 0.2) is 0 Å². The van der Waals surface area contributed by atoms with Gasteiger partial charge in [-0.15, -0.1) is 0 Å². The van der Waals surface area contributed by atoms with E-state index in [-0.39, 0.29) is 6.54 Å². The minimum atomic E-state index is -3.50. The van der Waals surface area contributed by atoms with Crippen LogP contribution in [0.25, 0.3) is 0 Å². The Morgan fingerprint density at radius 2 is 1.60 bits per heavy atom.